The second-order valence-electron chi connectivity index (χ2n) is 5.56. The van der Waals surface area contributed by atoms with Gasteiger partial charge in [-0.25, -0.2) is 0 Å². The smallest absolute Gasteiger partial charge is 0.258 e. The van der Waals surface area contributed by atoms with Crippen molar-refractivity contribution in [2.45, 2.75) is 45.1 Å². The Balaban J connectivity index is 1.92. The van der Waals surface area contributed by atoms with E-state index in [9.17, 15) is 9.59 Å². The molecule has 0 aliphatic heterocycles. The fourth-order valence-corrected chi connectivity index (χ4v) is 2.98. The number of amides is 1. The van der Waals surface area contributed by atoms with E-state index in [0.717, 1.165) is 23.9 Å². The zero-order valence-corrected chi connectivity index (χ0v) is 11.6. The number of carbonyl (C=O) groups excluding carboxylic acids is 1. The molecule has 5 nitrogen and oxygen atoms in total. The maximum Gasteiger partial charge on any atom is 0.258 e. The second kappa shape index (κ2) is 5.15. The van der Waals surface area contributed by atoms with E-state index in [-0.39, 0.29) is 17.5 Å². The summed E-state index contributed by atoms with van der Waals surface area (Å²) < 4.78 is 0. The lowest BCUT2D eigenvalue weighted by atomic mass is 9.95. The largest absolute Gasteiger partial charge is 0.360 e. The van der Waals surface area contributed by atoms with Gasteiger partial charge in [0.15, 0.2) is 0 Å². The summed E-state index contributed by atoms with van der Waals surface area (Å²) in [5, 5.41) is 3.51. The standard InChI is InChI=1S/C15H19N3O2/c1-9-7-17-15(20)12-11(8-16-13(9)12)14(19)18-10-5-3-2-4-6-10/h7-8,10,16H,2-6H2,1H3,(H,17,20)(H,18,19). The van der Waals surface area contributed by atoms with E-state index in [1.54, 1.807) is 12.4 Å². The summed E-state index contributed by atoms with van der Waals surface area (Å²) in [6.07, 6.45) is 8.93. The number of aromatic amines is 2. The monoisotopic (exact) mass is 273 g/mol. The number of nitrogens with one attached hydrogen (secondary N) is 3. The van der Waals surface area contributed by atoms with Crippen molar-refractivity contribution in [2.24, 2.45) is 0 Å². The van der Waals surface area contributed by atoms with Crippen LogP contribution in [-0.2, 0) is 0 Å². The van der Waals surface area contributed by atoms with Crippen LogP contribution in [0, 0.1) is 6.92 Å². The zero-order chi connectivity index (χ0) is 14.1. The SMILES string of the molecule is Cc1c[nH]c(=O)c2c(C(=O)NC3CCCCC3)c[nH]c12. The highest BCUT2D eigenvalue weighted by Crippen LogP contribution is 2.20. The summed E-state index contributed by atoms with van der Waals surface area (Å²) in [4.78, 5) is 30.0. The lowest BCUT2D eigenvalue weighted by molar-refractivity contribution is 0.0929. The molecule has 0 bridgehead atoms. The molecule has 3 N–H and O–H groups in total. The number of aryl methyl sites for hydroxylation is 1. The van der Waals surface area contributed by atoms with Crippen LogP contribution in [0.1, 0.15) is 48.0 Å². The molecule has 2 heterocycles. The van der Waals surface area contributed by atoms with Crippen LogP contribution in [0.4, 0.5) is 0 Å². The van der Waals surface area contributed by atoms with E-state index in [2.05, 4.69) is 15.3 Å². The van der Waals surface area contributed by atoms with Crippen LogP contribution in [0.5, 0.6) is 0 Å². The number of rotatable bonds is 2. The lowest BCUT2D eigenvalue weighted by Gasteiger charge is -2.22. The number of hydrogen-bond donors (Lipinski definition) is 3. The molecule has 1 aliphatic rings. The molecule has 1 saturated carbocycles. The Kier molecular flexibility index (Phi) is 3.34. The van der Waals surface area contributed by atoms with E-state index in [4.69, 9.17) is 0 Å². The molecule has 106 valence electrons. The van der Waals surface area contributed by atoms with Gasteiger partial charge >= 0.3 is 0 Å². The highest BCUT2D eigenvalue weighted by atomic mass is 16.2. The summed E-state index contributed by atoms with van der Waals surface area (Å²) in [6, 6.07) is 0.241. The fourth-order valence-electron chi connectivity index (χ4n) is 2.98. The Morgan fingerprint density at radius 2 is 1.95 bits per heavy atom. The summed E-state index contributed by atoms with van der Waals surface area (Å²) in [5.41, 5.74) is 1.88. The molecule has 0 spiro atoms. The Hall–Kier alpha value is -2.04. The number of carbonyl (C=O) groups is 1. The fraction of sp³-hybridized carbons (Fsp3) is 0.467. The number of fused-ring (bicyclic) bond motifs is 1. The maximum absolute atomic E-state index is 12.4. The van der Waals surface area contributed by atoms with Gasteiger partial charge in [-0.05, 0) is 25.3 Å². The minimum atomic E-state index is -0.222. The maximum atomic E-state index is 12.4. The highest BCUT2D eigenvalue weighted by Gasteiger charge is 2.20. The van der Waals surface area contributed by atoms with Gasteiger partial charge in [0.05, 0.1) is 16.5 Å². The van der Waals surface area contributed by atoms with Gasteiger partial charge in [0.1, 0.15) is 0 Å². The van der Waals surface area contributed by atoms with Crippen LogP contribution in [-0.4, -0.2) is 21.9 Å². The minimum Gasteiger partial charge on any atom is -0.360 e. The summed E-state index contributed by atoms with van der Waals surface area (Å²) >= 11 is 0. The van der Waals surface area contributed by atoms with Crippen LogP contribution in [0.15, 0.2) is 17.2 Å². The van der Waals surface area contributed by atoms with Crippen LogP contribution >= 0.6 is 0 Å². The van der Waals surface area contributed by atoms with Gasteiger partial charge in [-0.15, -0.1) is 0 Å². The number of H-pyrrole nitrogens is 2. The van der Waals surface area contributed by atoms with Crippen molar-refractivity contribution < 1.29 is 4.79 Å². The Bertz CT molecular complexity index is 693. The van der Waals surface area contributed by atoms with Crippen molar-refractivity contribution in [1.82, 2.24) is 15.3 Å². The van der Waals surface area contributed by atoms with E-state index in [1.165, 1.54) is 19.3 Å². The van der Waals surface area contributed by atoms with Gasteiger partial charge < -0.3 is 15.3 Å². The van der Waals surface area contributed by atoms with Gasteiger partial charge in [-0.3, -0.25) is 9.59 Å². The molecule has 3 rings (SSSR count). The molecular weight excluding hydrogens is 254 g/mol. The van der Waals surface area contributed by atoms with Gasteiger partial charge in [0, 0.05) is 18.4 Å². The summed E-state index contributed by atoms with van der Waals surface area (Å²) in [6.45, 7) is 1.90. The third-order valence-corrected chi connectivity index (χ3v) is 4.11. The first-order valence-corrected chi connectivity index (χ1v) is 7.17. The molecule has 0 unspecified atom stereocenters. The van der Waals surface area contributed by atoms with E-state index >= 15 is 0 Å². The average Bonchev–Trinajstić information content (AvgIpc) is 2.90. The van der Waals surface area contributed by atoms with Gasteiger partial charge in [0.25, 0.3) is 11.5 Å². The molecule has 20 heavy (non-hydrogen) atoms. The topological polar surface area (TPSA) is 77.8 Å². The van der Waals surface area contributed by atoms with E-state index in [0.29, 0.717) is 10.9 Å². The Morgan fingerprint density at radius 3 is 2.70 bits per heavy atom. The van der Waals surface area contributed by atoms with Gasteiger partial charge in [0.2, 0.25) is 0 Å². The predicted molar refractivity (Wildman–Crippen MR) is 78.0 cm³/mol. The number of aromatic nitrogens is 2. The summed E-state index contributed by atoms with van der Waals surface area (Å²) in [5.74, 6) is -0.153. The molecule has 1 aliphatic carbocycles. The van der Waals surface area contributed by atoms with Crippen molar-refractivity contribution in [3.63, 3.8) is 0 Å². The van der Waals surface area contributed by atoms with Gasteiger partial charge in [-0.1, -0.05) is 19.3 Å². The predicted octanol–water partition coefficient (Wildman–Crippen LogP) is 2.23. The highest BCUT2D eigenvalue weighted by molar-refractivity contribution is 6.07. The van der Waals surface area contributed by atoms with Crippen molar-refractivity contribution in [3.05, 3.63) is 33.9 Å². The first-order chi connectivity index (χ1) is 9.66. The van der Waals surface area contributed by atoms with Crippen LogP contribution < -0.4 is 10.9 Å². The van der Waals surface area contributed by atoms with E-state index in [1.807, 2.05) is 6.92 Å². The van der Waals surface area contributed by atoms with Crippen molar-refractivity contribution in [3.8, 4) is 0 Å². The van der Waals surface area contributed by atoms with Crippen molar-refractivity contribution >= 4 is 16.8 Å². The van der Waals surface area contributed by atoms with Crippen LogP contribution in [0.3, 0.4) is 0 Å². The summed E-state index contributed by atoms with van der Waals surface area (Å²) in [7, 11) is 0. The minimum absolute atomic E-state index is 0.153. The molecule has 1 amide bonds. The molecule has 2 aromatic rings. The normalized spacial score (nSPS) is 16.4. The van der Waals surface area contributed by atoms with Gasteiger partial charge in [-0.2, -0.15) is 0 Å². The molecule has 2 aromatic heterocycles. The quantitative estimate of drug-likeness (QED) is 0.784. The molecule has 1 fully saturated rings. The third kappa shape index (κ3) is 2.24. The van der Waals surface area contributed by atoms with Crippen molar-refractivity contribution in [1.29, 1.82) is 0 Å². The first-order valence-electron chi connectivity index (χ1n) is 7.17. The van der Waals surface area contributed by atoms with Crippen LogP contribution in [0.2, 0.25) is 0 Å². The lowest BCUT2D eigenvalue weighted by Crippen LogP contribution is -2.36. The second-order valence-corrected chi connectivity index (χ2v) is 5.56. The molecular formula is C15H19N3O2. The van der Waals surface area contributed by atoms with Crippen LogP contribution in [0.25, 0.3) is 10.9 Å². The molecule has 5 heteroatoms. The zero-order valence-electron chi connectivity index (χ0n) is 11.6. The molecule has 0 radical (unpaired) electrons. The Labute approximate surface area is 116 Å². The number of hydrogen-bond acceptors (Lipinski definition) is 2. The van der Waals surface area contributed by atoms with Crippen molar-refractivity contribution in [2.75, 3.05) is 0 Å². The third-order valence-electron chi connectivity index (χ3n) is 4.11. The van der Waals surface area contributed by atoms with E-state index < -0.39 is 0 Å². The average molecular weight is 273 g/mol. The first kappa shape index (κ1) is 13.0. The molecule has 0 atom stereocenters. The Morgan fingerprint density at radius 1 is 1.20 bits per heavy atom. The molecule has 0 saturated heterocycles. The number of pyridine rings is 1. The molecule has 0 aromatic carbocycles.